The molecular formula is C13H19NO3. The maximum absolute atomic E-state index is 11.2. The van der Waals surface area contributed by atoms with Crippen LogP contribution >= 0.6 is 0 Å². The van der Waals surface area contributed by atoms with Crippen molar-refractivity contribution < 1.29 is 13.9 Å². The summed E-state index contributed by atoms with van der Waals surface area (Å²) in [4.78, 5) is 13.2. The summed E-state index contributed by atoms with van der Waals surface area (Å²) in [6, 6.07) is 3.90. The van der Waals surface area contributed by atoms with E-state index >= 15 is 0 Å². The number of esters is 1. The molecule has 0 fully saturated rings. The van der Waals surface area contributed by atoms with Gasteiger partial charge in [0.05, 0.1) is 13.7 Å². The molecule has 0 aromatic carbocycles. The van der Waals surface area contributed by atoms with Gasteiger partial charge in [-0.2, -0.15) is 0 Å². The van der Waals surface area contributed by atoms with Gasteiger partial charge in [-0.15, -0.1) is 0 Å². The number of aryl methyl sites for hydroxylation is 1. The fourth-order valence-electron chi connectivity index (χ4n) is 1.44. The van der Waals surface area contributed by atoms with E-state index in [4.69, 9.17) is 4.42 Å². The minimum Gasteiger partial charge on any atom is -0.466 e. The van der Waals surface area contributed by atoms with Crippen molar-refractivity contribution in [3.63, 3.8) is 0 Å². The van der Waals surface area contributed by atoms with Crippen molar-refractivity contribution in [2.45, 2.75) is 20.4 Å². The summed E-state index contributed by atoms with van der Waals surface area (Å²) in [5.74, 6) is 1.55. The minimum atomic E-state index is -0.285. The Morgan fingerprint density at radius 2 is 2.24 bits per heavy atom. The predicted molar refractivity (Wildman–Crippen MR) is 65.6 cm³/mol. The first kappa shape index (κ1) is 13.5. The van der Waals surface area contributed by atoms with Crippen LogP contribution < -0.4 is 0 Å². The highest BCUT2D eigenvalue weighted by Gasteiger charge is 2.05. The lowest BCUT2D eigenvalue weighted by Crippen LogP contribution is -2.18. The predicted octanol–water partition coefficient (Wildman–Crippen LogP) is 2.14. The van der Waals surface area contributed by atoms with Gasteiger partial charge in [0.2, 0.25) is 0 Å². The second-order valence-corrected chi connectivity index (χ2v) is 4.09. The molecule has 1 aromatic heterocycles. The van der Waals surface area contributed by atoms with Gasteiger partial charge in [-0.05, 0) is 33.0 Å². The molecule has 0 saturated heterocycles. The van der Waals surface area contributed by atoms with Crippen molar-refractivity contribution in [1.29, 1.82) is 0 Å². The first-order valence-electron chi connectivity index (χ1n) is 5.52. The lowest BCUT2D eigenvalue weighted by Gasteiger charge is -2.12. The number of nitrogens with zero attached hydrogens (tertiary/aromatic N) is 1. The SMILES string of the molecule is COC(=O)C(C)=CCN(C)Cc1ccc(C)o1. The summed E-state index contributed by atoms with van der Waals surface area (Å²) in [7, 11) is 3.36. The second-order valence-electron chi connectivity index (χ2n) is 4.09. The molecule has 0 amide bonds. The fraction of sp³-hybridized carbons (Fsp3) is 0.462. The first-order valence-corrected chi connectivity index (χ1v) is 5.52. The second kappa shape index (κ2) is 6.25. The Kier molecular flexibility index (Phi) is 4.97. The monoisotopic (exact) mass is 237 g/mol. The highest BCUT2D eigenvalue weighted by molar-refractivity contribution is 5.87. The zero-order valence-electron chi connectivity index (χ0n) is 10.8. The highest BCUT2D eigenvalue weighted by atomic mass is 16.5. The quantitative estimate of drug-likeness (QED) is 0.581. The molecule has 0 unspecified atom stereocenters. The van der Waals surface area contributed by atoms with Gasteiger partial charge in [-0.3, -0.25) is 4.90 Å². The topological polar surface area (TPSA) is 42.7 Å². The van der Waals surface area contributed by atoms with E-state index in [1.165, 1.54) is 7.11 Å². The van der Waals surface area contributed by atoms with Crippen LogP contribution in [0.5, 0.6) is 0 Å². The Bertz CT molecular complexity index is 407. The number of ether oxygens (including phenoxy) is 1. The number of hydrogen-bond donors (Lipinski definition) is 0. The zero-order chi connectivity index (χ0) is 12.8. The van der Waals surface area contributed by atoms with Crippen LogP contribution in [0.15, 0.2) is 28.2 Å². The van der Waals surface area contributed by atoms with Crippen LogP contribution in [0.4, 0.5) is 0 Å². The number of likely N-dealkylation sites (N-methyl/N-ethyl adjacent to an activating group) is 1. The molecule has 0 spiro atoms. The molecule has 94 valence electrons. The molecule has 0 aliphatic heterocycles. The summed E-state index contributed by atoms with van der Waals surface area (Å²) < 4.78 is 10.1. The Hall–Kier alpha value is -1.55. The summed E-state index contributed by atoms with van der Waals surface area (Å²) in [6.07, 6.45) is 1.85. The summed E-state index contributed by atoms with van der Waals surface area (Å²) >= 11 is 0. The van der Waals surface area contributed by atoms with Crippen molar-refractivity contribution in [2.24, 2.45) is 0 Å². The number of furan rings is 1. The van der Waals surface area contributed by atoms with Gasteiger partial charge in [0.25, 0.3) is 0 Å². The summed E-state index contributed by atoms with van der Waals surface area (Å²) in [5.41, 5.74) is 0.620. The molecule has 1 aromatic rings. The first-order chi connectivity index (χ1) is 8.02. The molecule has 0 bridgehead atoms. The average molecular weight is 237 g/mol. The van der Waals surface area contributed by atoms with Crippen LogP contribution in [0.1, 0.15) is 18.4 Å². The number of carbonyl (C=O) groups is 1. The van der Waals surface area contributed by atoms with Crippen LogP contribution in [0, 0.1) is 6.92 Å². The Morgan fingerprint density at radius 3 is 2.76 bits per heavy atom. The third-order valence-electron chi connectivity index (χ3n) is 2.44. The molecule has 4 heteroatoms. The molecule has 1 rings (SSSR count). The van der Waals surface area contributed by atoms with E-state index in [0.29, 0.717) is 12.1 Å². The van der Waals surface area contributed by atoms with Crippen LogP contribution in [0.25, 0.3) is 0 Å². The molecule has 17 heavy (non-hydrogen) atoms. The number of methoxy groups -OCH3 is 1. The van der Waals surface area contributed by atoms with E-state index < -0.39 is 0 Å². The Morgan fingerprint density at radius 1 is 1.53 bits per heavy atom. The van der Waals surface area contributed by atoms with E-state index in [0.717, 1.165) is 18.1 Å². The maximum atomic E-state index is 11.2. The van der Waals surface area contributed by atoms with Crippen molar-refractivity contribution in [2.75, 3.05) is 20.7 Å². The Labute approximate surface area is 102 Å². The fourth-order valence-corrected chi connectivity index (χ4v) is 1.44. The van der Waals surface area contributed by atoms with Crippen molar-refractivity contribution >= 4 is 5.97 Å². The molecule has 0 N–H and O–H groups in total. The summed E-state index contributed by atoms with van der Waals surface area (Å²) in [6.45, 7) is 5.07. The molecule has 0 radical (unpaired) electrons. The molecule has 1 heterocycles. The largest absolute Gasteiger partial charge is 0.466 e. The smallest absolute Gasteiger partial charge is 0.333 e. The van der Waals surface area contributed by atoms with Gasteiger partial charge in [0, 0.05) is 12.1 Å². The van der Waals surface area contributed by atoms with E-state index in [9.17, 15) is 4.79 Å². The van der Waals surface area contributed by atoms with E-state index in [2.05, 4.69) is 9.64 Å². The van der Waals surface area contributed by atoms with Gasteiger partial charge in [-0.25, -0.2) is 4.79 Å². The number of carbonyl (C=O) groups excluding carboxylic acids is 1. The zero-order valence-corrected chi connectivity index (χ0v) is 10.8. The van der Waals surface area contributed by atoms with Crippen molar-refractivity contribution in [3.8, 4) is 0 Å². The van der Waals surface area contributed by atoms with Crippen molar-refractivity contribution in [1.82, 2.24) is 4.90 Å². The normalized spacial score (nSPS) is 11.9. The Balaban J connectivity index is 2.45. The molecule has 4 nitrogen and oxygen atoms in total. The van der Waals surface area contributed by atoms with E-state index in [1.54, 1.807) is 6.92 Å². The third-order valence-corrected chi connectivity index (χ3v) is 2.44. The lowest BCUT2D eigenvalue weighted by molar-refractivity contribution is -0.136. The maximum Gasteiger partial charge on any atom is 0.333 e. The van der Waals surface area contributed by atoms with Gasteiger partial charge in [0.15, 0.2) is 0 Å². The van der Waals surface area contributed by atoms with Crippen LogP contribution in [0.2, 0.25) is 0 Å². The molecule has 0 aliphatic carbocycles. The number of rotatable bonds is 5. The van der Waals surface area contributed by atoms with Crippen LogP contribution in [0.3, 0.4) is 0 Å². The molecule has 0 aliphatic rings. The molecule has 0 atom stereocenters. The van der Waals surface area contributed by atoms with Gasteiger partial charge >= 0.3 is 5.97 Å². The molecule has 0 saturated carbocycles. The molecular weight excluding hydrogens is 218 g/mol. The van der Waals surface area contributed by atoms with Crippen molar-refractivity contribution in [3.05, 3.63) is 35.3 Å². The van der Waals surface area contributed by atoms with Crippen LogP contribution in [-0.2, 0) is 16.1 Å². The van der Waals surface area contributed by atoms with E-state index in [-0.39, 0.29) is 5.97 Å². The lowest BCUT2D eigenvalue weighted by atomic mass is 10.3. The van der Waals surface area contributed by atoms with Gasteiger partial charge in [-0.1, -0.05) is 6.08 Å². The number of hydrogen-bond acceptors (Lipinski definition) is 4. The average Bonchev–Trinajstić information content (AvgIpc) is 2.70. The standard InChI is InChI=1S/C13H19NO3/c1-10(13(15)16-4)7-8-14(3)9-12-6-5-11(2)17-12/h5-7H,8-9H2,1-4H3. The van der Waals surface area contributed by atoms with E-state index in [1.807, 2.05) is 32.2 Å². The highest BCUT2D eigenvalue weighted by Crippen LogP contribution is 2.08. The van der Waals surface area contributed by atoms with Gasteiger partial charge in [0.1, 0.15) is 11.5 Å². The minimum absolute atomic E-state index is 0.285. The summed E-state index contributed by atoms with van der Waals surface area (Å²) in [5, 5.41) is 0. The van der Waals surface area contributed by atoms with Crippen LogP contribution in [-0.4, -0.2) is 31.6 Å². The third kappa shape index (κ3) is 4.44. The van der Waals surface area contributed by atoms with Gasteiger partial charge < -0.3 is 9.15 Å².